The Labute approximate surface area is 193 Å². The van der Waals surface area contributed by atoms with E-state index in [0.717, 1.165) is 5.56 Å². The molecule has 0 aliphatic heterocycles. The molecule has 0 unspecified atom stereocenters. The van der Waals surface area contributed by atoms with Gasteiger partial charge in [0.05, 0.1) is 10.6 Å². The van der Waals surface area contributed by atoms with Crippen molar-refractivity contribution in [3.8, 4) is 11.4 Å². The van der Waals surface area contributed by atoms with Gasteiger partial charge >= 0.3 is 0 Å². The zero-order chi connectivity index (χ0) is 23.1. The van der Waals surface area contributed by atoms with Crippen LogP contribution in [0.4, 0.5) is 0 Å². The van der Waals surface area contributed by atoms with E-state index >= 15 is 0 Å². The molecular formula is C22H27N5O3S2. The Morgan fingerprint density at radius 2 is 1.78 bits per heavy atom. The Balaban J connectivity index is 1.69. The standard InChI is InChI=1S/C22H27N5O3S2/c1-4-27(5-2)32(29,30)19-13-9-12-18(14-19)21-24-25-22(26(21)3)31-16-20(28)23-15-17-10-7-6-8-11-17/h6-14H,4-5,15-16H2,1-3H3,(H,23,28). The lowest BCUT2D eigenvalue weighted by molar-refractivity contribution is -0.118. The molecule has 170 valence electrons. The highest BCUT2D eigenvalue weighted by molar-refractivity contribution is 7.99. The molecule has 0 aliphatic rings. The van der Waals surface area contributed by atoms with Gasteiger partial charge in [0.1, 0.15) is 0 Å². The fraction of sp³-hybridized carbons (Fsp3) is 0.318. The lowest BCUT2D eigenvalue weighted by Gasteiger charge is -2.18. The van der Waals surface area contributed by atoms with Crippen LogP contribution < -0.4 is 5.32 Å². The highest BCUT2D eigenvalue weighted by atomic mass is 32.2. The molecule has 1 aromatic heterocycles. The normalized spacial score (nSPS) is 11.6. The van der Waals surface area contributed by atoms with Crippen LogP contribution in [0.1, 0.15) is 19.4 Å². The van der Waals surface area contributed by atoms with Crippen LogP contribution in [0.3, 0.4) is 0 Å². The number of aromatic nitrogens is 3. The molecular weight excluding hydrogens is 446 g/mol. The summed E-state index contributed by atoms with van der Waals surface area (Å²) in [7, 11) is -1.77. The second-order valence-corrected chi connectivity index (χ2v) is 9.91. The minimum absolute atomic E-state index is 0.101. The van der Waals surface area contributed by atoms with Crippen molar-refractivity contribution in [1.29, 1.82) is 0 Å². The van der Waals surface area contributed by atoms with Crippen molar-refractivity contribution < 1.29 is 13.2 Å². The molecule has 3 rings (SSSR count). The minimum atomic E-state index is -3.57. The highest BCUT2D eigenvalue weighted by Gasteiger charge is 2.22. The molecule has 0 saturated heterocycles. The Hall–Kier alpha value is -2.69. The van der Waals surface area contributed by atoms with E-state index in [2.05, 4.69) is 15.5 Å². The van der Waals surface area contributed by atoms with Gasteiger partial charge in [-0.05, 0) is 17.7 Å². The highest BCUT2D eigenvalue weighted by Crippen LogP contribution is 2.25. The molecule has 0 bridgehead atoms. The molecule has 2 aromatic carbocycles. The van der Waals surface area contributed by atoms with Gasteiger partial charge in [0, 0.05) is 32.2 Å². The fourth-order valence-electron chi connectivity index (χ4n) is 3.18. The first kappa shape index (κ1) is 24.0. The van der Waals surface area contributed by atoms with E-state index in [1.807, 2.05) is 44.2 Å². The number of nitrogens with zero attached hydrogens (tertiary/aromatic N) is 4. The van der Waals surface area contributed by atoms with Crippen LogP contribution in [0.5, 0.6) is 0 Å². The van der Waals surface area contributed by atoms with Crippen LogP contribution in [0.25, 0.3) is 11.4 Å². The van der Waals surface area contributed by atoms with Crippen LogP contribution in [-0.2, 0) is 28.4 Å². The molecule has 32 heavy (non-hydrogen) atoms. The Kier molecular flexibility index (Phi) is 8.05. The van der Waals surface area contributed by atoms with Gasteiger partial charge in [-0.3, -0.25) is 4.79 Å². The van der Waals surface area contributed by atoms with Crippen molar-refractivity contribution in [2.75, 3.05) is 18.8 Å². The maximum absolute atomic E-state index is 12.8. The van der Waals surface area contributed by atoms with Crippen molar-refractivity contribution in [2.45, 2.75) is 30.4 Å². The summed E-state index contributed by atoms with van der Waals surface area (Å²) in [6.07, 6.45) is 0. The zero-order valence-corrected chi connectivity index (χ0v) is 20.0. The predicted octanol–water partition coefficient (Wildman–Crippen LogP) is 2.92. The monoisotopic (exact) mass is 473 g/mol. The maximum atomic E-state index is 12.8. The summed E-state index contributed by atoms with van der Waals surface area (Å²) in [4.78, 5) is 12.4. The Morgan fingerprint density at radius 1 is 1.06 bits per heavy atom. The lowest BCUT2D eigenvalue weighted by atomic mass is 10.2. The summed E-state index contributed by atoms with van der Waals surface area (Å²) >= 11 is 1.28. The van der Waals surface area contributed by atoms with Crippen LogP contribution in [0.15, 0.2) is 64.6 Å². The molecule has 1 amide bonds. The number of nitrogens with one attached hydrogen (secondary N) is 1. The van der Waals surface area contributed by atoms with Gasteiger partial charge in [-0.1, -0.05) is 68.1 Å². The molecule has 0 radical (unpaired) electrons. The third kappa shape index (κ3) is 5.56. The van der Waals surface area contributed by atoms with Gasteiger partial charge in [-0.25, -0.2) is 8.42 Å². The van der Waals surface area contributed by atoms with Crippen LogP contribution in [0, 0.1) is 0 Å². The predicted molar refractivity (Wildman–Crippen MR) is 126 cm³/mol. The number of benzene rings is 2. The van der Waals surface area contributed by atoms with Gasteiger partial charge in [-0.15, -0.1) is 10.2 Å². The summed E-state index contributed by atoms with van der Waals surface area (Å²) in [6.45, 7) is 4.90. The topological polar surface area (TPSA) is 97.2 Å². The number of thioether (sulfide) groups is 1. The Bertz CT molecular complexity index is 1160. The van der Waals surface area contributed by atoms with Crippen molar-refractivity contribution in [2.24, 2.45) is 7.05 Å². The molecule has 8 nitrogen and oxygen atoms in total. The van der Waals surface area contributed by atoms with E-state index in [9.17, 15) is 13.2 Å². The number of carbonyl (C=O) groups excluding carboxylic acids is 1. The molecule has 10 heteroatoms. The molecule has 0 fully saturated rings. The number of rotatable bonds is 10. The van der Waals surface area contributed by atoms with Gasteiger partial charge in [-0.2, -0.15) is 4.31 Å². The van der Waals surface area contributed by atoms with Gasteiger partial charge in [0.15, 0.2) is 11.0 Å². The van der Waals surface area contributed by atoms with E-state index in [4.69, 9.17) is 0 Å². The summed E-state index contributed by atoms with van der Waals surface area (Å²) < 4.78 is 28.9. The molecule has 1 heterocycles. The SMILES string of the molecule is CCN(CC)S(=O)(=O)c1cccc(-c2nnc(SCC(=O)NCc3ccccc3)n2C)c1. The first-order valence-electron chi connectivity index (χ1n) is 10.3. The summed E-state index contributed by atoms with van der Waals surface area (Å²) in [5.74, 6) is 0.638. The van der Waals surface area contributed by atoms with Crippen LogP contribution >= 0.6 is 11.8 Å². The van der Waals surface area contributed by atoms with E-state index in [0.29, 0.717) is 36.2 Å². The smallest absolute Gasteiger partial charge is 0.243 e. The number of amides is 1. The third-order valence-corrected chi connectivity index (χ3v) is 8.00. The van der Waals surface area contributed by atoms with Crippen LogP contribution in [-0.4, -0.2) is 52.2 Å². The number of sulfonamides is 1. The number of carbonyl (C=O) groups is 1. The molecule has 1 N–H and O–H groups in total. The number of hydrogen-bond acceptors (Lipinski definition) is 6. The van der Waals surface area contributed by atoms with Gasteiger partial charge < -0.3 is 9.88 Å². The van der Waals surface area contributed by atoms with Gasteiger partial charge in [0.2, 0.25) is 15.9 Å². The van der Waals surface area contributed by atoms with Crippen molar-refractivity contribution in [3.63, 3.8) is 0 Å². The Morgan fingerprint density at radius 3 is 2.47 bits per heavy atom. The van der Waals surface area contributed by atoms with E-state index in [-0.39, 0.29) is 16.6 Å². The minimum Gasteiger partial charge on any atom is -0.351 e. The summed E-state index contributed by atoms with van der Waals surface area (Å²) in [5.41, 5.74) is 1.68. The van der Waals surface area contributed by atoms with Crippen molar-refractivity contribution in [1.82, 2.24) is 24.4 Å². The zero-order valence-electron chi connectivity index (χ0n) is 18.4. The first-order chi connectivity index (χ1) is 15.4. The van der Waals surface area contributed by atoms with Crippen molar-refractivity contribution >= 4 is 27.7 Å². The summed E-state index contributed by atoms with van der Waals surface area (Å²) in [5, 5.41) is 11.9. The van der Waals surface area contributed by atoms with Gasteiger partial charge in [0.25, 0.3) is 0 Å². The van der Waals surface area contributed by atoms with E-state index < -0.39 is 10.0 Å². The fourth-order valence-corrected chi connectivity index (χ4v) is 5.42. The lowest BCUT2D eigenvalue weighted by Crippen LogP contribution is -2.30. The largest absolute Gasteiger partial charge is 0.351 e. The molecule has 3 aromatic rings. The molecule has 0 spiro atoms. The average molecular weight is 474 g/mol. The second kappa shape index (κ2) is 10.8. The van der Waals surface area contributed by atoms with Crippen molar-refractivity contribution in [3.05, 3.63) is 60.2 Å². The molecule has 0 atom stereocenters. The molecule has 0 aliphatic carbocycles. The number of hydrogen-bond donors (Lipinski definition) is 1. The average Bonchev–Trinajstić information content (AvgIpc) is 3.18. The van der Waals surface area contributed by atoms with E-state index in [1.165, 1.54) is 16.1 Å². The first-order valence-corrected chi connectivity index (χ1v) is 12.7. The van der Waals surface area contributed by atoms with Crippen LogP contribution in [0.2, 0.25) is 0 Å². The quantitative estimate of drug-likeness (QED) is 0.455. The summed E-state index contributed by atoms with van der Waals surface area (Å²) in [6, 6.07) is 16.4. The van der Waals surface area contributed by atoms with E-state index in [1.54, 1.807) is 35.9 Å². The molecule has 0 saturated carbocycles. The maximum Gasteiger partial charge on any atom is 0.243 e. The second-order valence-electron chi connectivity index (χ2n) is 7.03. The third-order valence-electron chi connectivity index (χ3n) is 4.94.